The number of esters is 3. The fourth-order valence-electron chi connectivity index (χ4n) is 9.00. The fraction of sp³-hybridized carbons (Fsp3) is 0.704. The molecule has 77 heavy (non-hydrogen) atoms. The number of carbonyl (C=O) groups is 3. The number of carbonyl (C=O) groups excluding carboxylic acids is 3. The van der Waals surface area contributed by atoms with E-state index in [1.54, 1.807) is 0 Å². The first-order chi connectivity index (χ1) is 38.0. The van der Waals surface area contributed by atoms with Crippen molar-refractivity contribution in [2.24, 2.45) is 0 Å². The highest BCUT2D eigenvalue weighted by Crippen LogP contribution is 2.17. The Hall–Kier alpha value is -3.93. The van der Waals surface area contributed by atoms with Crippen molar-refractivity contribution < 1.29 is 28.6 Å². The van der Waals surface area contributed by atoms with Gasteiger partial charge in [0.1, 0.15) is 13.2 Å². The van der Waals surface area contributed by atoms with Gasteiger partial charge in [-0.1, -0.05) is 297 Å². The molecule has 0 heterocycles. The van der Waals surface area contributed by atoms with Crippen molar-refractivity contribution in [2.45, 2.75) is 309 Å². The van der Waals surface area contributed by atoms with Gasteiger partial charge in [-0.25, -0.2) is 0 Å². The molecule has 0 radical (unpaired) electrons. The number of hydrogen-bond acceptors (Lipinski definition) is 6. The Morgan fingerprint density at radius 3 is 0.831 bits per heavy atom. The maximum absolute atomic E-state index is 12.8. The van der Waals surface area contributed by atoms with E-state index in [2.05, 4.69) is 130 Å². The van der Waals surface area contributed by atoms with Crippen molar-refractivity contribution in [1.82, 2.24) is 0 Å². The summed E-state index contributed by atoms with van der Waals surface area (Å²) in [5.74, 6) is -0.951. The van der Waals surface area contributed by atoms with Crippen LogP contribution in [-0.4, -0.2) is 37.2 Å². The fourth-order valence-corrected chi connectivity index (χ4v) is 9.00. The van der Waals surface area contributed by atoms with E-state index in [9.17, 15) is 14.4 Å². The highest BCUT2D eigenvalue weighted by molar-refractivity contribution is 5.71. The molecule has 440 valence electrons. The van der Waals surface area contributed by atoms with Crippen molar-refractivity contribution >= 4 is 17.9 Å². The number of rotatable bonds is 58. The van der Waals surface area contributed by atoms with E-state index in [1.165, 1.54) is 154 Å². The summed E-state index contributed by atoms with van der Waals surface area (Å²) in [5.41, 5.74) is 0. The smallest absolute Gasteiger partial charge is 0.306 e. The Balaban J connectivity index is 4.12. The van der Waals surface area contributed by atoms with E-state index >= 15 is 0 Å². The average molecular weight is 1070 g/mol. The van der Waals surface area contributed by atoms with Gasteiger partial charge in [-0.15, -0.1) is 0 Å². The van der Waals surface area contributed by atoms with E-state index in [4.69, 9.17) is 14.2 Å². The van der Waals surface area contributed by atoms with Crippen molar-refractivity contribution in [3.05, 3.63) is 109 Å². The lowest BCUT2D eigenvalue weighted by molar-refractivity contribution is -0.167. The van der Waals surface area contributed by atoms with Gasteiger partial charge < -0.3 is 14.2 Å². The molecule has 0 fully saturated rings. The molecule has 0 saturated carbocycles. The number of ether oxygens (including phenoxy) is 3. The average Bonchev–Trinajstić information content (AvgIpc) is 3.43. The molecule has 0 rings (SSSR count). The lowest BCUT2D eigenvalue weighted by Crippen LogP contribution is -2.30. The molecule has 0 aliphatic heterocycles. The van der Waals surface area contributed by atoms with E-state index in [-0.39, 0.29) is 37.5 Å². The van der Waals surface area contributed by atoms with Crippen LogP contribution in [0.5, 0.6) is 0 Å². The predicted octanol–water partition coefficient (Wildman–Crippen LogP) is 22.2. The summed E-state index contributed by atoms with van der Waals surface area (Å²) < 4.78 is 16.8. The van der Waals surface area contributed by atoms with Gasteiger partial charge in [-0.2, -0.15) is 0 Å². The zero-order valence-electron chi connectivity index (χ0n) is 50.4. The van der Waals surface area contributed by atoms with Crippen LogP contribution in [0, 0.1) is 0 Å². The van der Waals surface area contributed by atoms with Gasteiger partial charge in [-0.3, -0.25) is 14.4 Å². The van der Waals surface area contributed by atoms with Crippen LogP contribution >= 0.6 is 0 Å². The van der Waals surface area contributed by atoms with Crippen molar-refractivity contribution in [1.29, 1.82) is 0 Å². The summed E-state index contributed by atoms with van der Waals surface area (Å²) in [6.07, 6.45) is 88.5. The summed E-state index contributed by atoms with van der Waals surface area (Å²) in [6, 6.07) is 0. The lowest BCUT2D eigenvalue weighted by Gasteiger charge is -2.18. The number of allylic oxidation sites excluding steroid dienone is 18. The molecule has 1 atom stereocenters. The van der Waals surface area contributed by atoms with Gasteiger partial charge in [0.2, 0.25) is 0 Å². The molecule has 0 spiro atoms. The monoisotopic (exact) mass is 1070 g/mol. The molecule has 0 bridgehead atoms. The first-order valence-corrected chi connectivity index (χ1v) is 32.4. The molecule has 6 heteroatoms. The maximum Gasteiger partial charge on any atom is 0.306 e. The quantitative estimate of drug-likeness (QED) is 0.0261. The Kier molecular flexibility index (Phi) is 61.3. The summed E-state index contributed by atoms with van der Waals surface area (Å²) in [6.45, 7) is 6.36. The van der Waals surface area contributed by atoms with Crippen LogP contribution in [0.2, 0.25) is 0 Å². The minimum Gasteiger partial charge on any atom is -0.462 e. The second-order valence-electron chi connectivity index (χ2n) is 21.3. The van der Waals surface area contributed by atoms with E-state index < -0.39 is 6.10 Å². The number of unbranched alkanes of at least 4 members (excludes halogenated alkanes) is 29. The molecule has 0 aliphatic carbocycles. The summed E-state index contributed by atoms with van der Waals surface area (Å²) in [4.78, 5) is 38.1. The van der Waals surface area contributed by atoms with Gasteiger partial charge in [0.15, 0.2) is 6.10 Å². The summed E-state index contributed by atoms with van der Waals surface area (Å²) in [7, 11) is 0. The first kappa shape index (κ1) is 73.1. The van der Waals surface area contributed by atoms with Crippen LogP contribution in [0.3, 0.4) is 0 Å². The van der Waals surface area contributed by atoms with Crippen LogP contribution in [0.4, 0.5) is 0 Å². The molecule has 0 aromatic carbocycles. The third kappa shape index (κ3) is 62.8. The molecule has 0 amide bonds. The molecule has 0 aromatic rings. The van der Waals surface area contributed by atoms with E-state index in [0.29, 0.717) is 19.3 Å². The van der Waals surface area contributed by atoms with Gasteiger partial charge in [0, 0.05) is 19.3 Å². The Morgan fingerprint density at radius 1 is 0.273 bits per heavy atom. The van der Waals surface area contributed by atoms with Crippen LogP contribution in [0.15, 0.2) is 109 Å². The normalized spacial score (nSPS) is 12.8. The Bertz CT molecular complexity index is 1560. The predicted molar refractivity (Wildman–Crippen MR) is 334 cm³/mol. The molecule has 0 aromatic heterocycles. The van der Waals surface area contributed by atoms with Crippen molar-refractivity contribution in [3.8, 4) is 0 Å². The van der Waals surface area contributed by atoms with E-state index in [0.717, 1.165) is 103 Å². The zero-order chi connectivity index (χ0) is 55.7. The van der Waals surface area contributed by atoms with Crippen LogP contribution in [0.1, 0.15) is 303 Å². The van der Waals surface area contributed by atoms with Crippen molar-refractivity contribution in [2.75, 3.05) is 13.2 Å². The third-order valence-corrected chi connectivity index (χ3v) is 13.8. The second kappa shape index (κ2) is 64.6. The molecule has 0 saturated heterocycles. The molecule has 1 unspecified atom stereocenters. The highest BCUT2D eigenvalue weighted by Gasteiger charge is 2.19. The zero-order valence-corrected chi connectivity index (χ0v) is 50.4. The standard InChI is InChI=1S/C71H120O6/c1-4-7-10-13-16-19-21-23-25-27-28-29-30-31-32-33-34-35-36-37-38-39-40-41-42-44-45-47-49-52-55-58-61-64-70(73)76-67-68(66-75-69(72)63-60-57-54-51-18-15-12-9-6-3)77-71(74)65-62-59-56-53-50-48-46-43-26-24-22-20-17-14-11-8-5-2/h7-8,10-11,16-17,19-20,23-26,28-29,46,48,53,56,68H,4-6,9,12-15,18,21-22,27,30-45,47,49-52,54-55,57-67H2,1-3H3/b10-7-,11-8-,19-16-,20-17-,25-23-,26-24-,29-28-,48-46-,56-53-. The largest absolute Gasteiger partial charge is 0.462 e. The minimum absolute atomic E-state index is 0.0973. The van der Waals surface area contributed by atoms with Crippen LogP contribution in [0.25, 0.3) is 0 Å². The topological polar surface area (TPSA) is 78.9 Å². The maximum atomic E-state index is 12.8. The Morgan fingerprint density at radius 2 is 0.519 bits per heavy atom. The third-order valence-electron chi connectivity index (χ3n) is 13.8. The van der Waals surface area contributed by atoms with Gasteiger partial charge in [0.05, 0.1) is 0 Å². The lowest BCUT2D eigenvalue weighted by atomic mass is 10.0. The molecular weight excluding hydrogens is 949 g/mol. The van der Waals surface area contributed by atoms with Gasteiger partial charge in [-0.05, 0) is 96.3 Å². The highest BCUT2D eigenvalue weighted by atomic mass is 16.6. The molecular formula is C71H120O6. The first-order valence-electron chi connectivity index (χ1n) is 32.4. The minimum atomic E-state index is -0.805. The van der Waals surface area contributed by atoms with Gasteiger partial charge in [0.25, 0.3) is 0 Å². The van der Waals surface area contributed by atoms with Crippen LogP contribution in [-0.2, 0) is 28.6 Å². The molecule has 0 N–H and O–H groups in total. The molecule has 6 nitrogen and oxygen atoms in total. The second-order valence-corrected chi connectivity index (χ2v) is 21.3. The van der Waals surface area contributed by atoms with Crippen molar-refractivity contribution in [3.63, 3.8) is 0 Å². The van der Waals surface area contributed by atoms with Crippen LogP contribution < -0.4 is 0 Å². The van der Waals surface area contributed by atoms with E-state index in [1.807, 2.05) is 0 Å². The van der Waals surface area contributed by atoms with Gasteiger partial charge >= 0.3 is 17.9 Å². The Labute approximate surface area is 476 Å². The molecule has 0 aliphatic rings. The summed E-state index contributed by atoms with van der Waals surface area (Å²) in [5, 5.41) is 0. The number of hydrogen-bond donors (Lipinski definition) is 0. The SMILES string of the molecule is CC/C=C\C/C=C\C/C=C\C/C=C\C/C=C\CCCC(=O)OC(COC(=O)CCCCCCCCCCC)COC(=O)CCCCCCCCCCCCCCCCCCCCCC/C=C\C/C=C\C/C=C\C/C=C\CC. The summed E-state index contributed by atoms with van der Waals surface area (Å²) >= 11 is 0.